The number of ether oxygens (including phenoxy) is 1. The third-order valence-corrected chi connectivity index (χ3v) is 9.80. The van der Waals surface area contributed by atoms with E-state index < -0.39 is 57.2 Å². The highest BCUT2D eigenvalue weighted by atomic mass is 35.5. The zero-order chi connectivity index (χ0) is 27.7. The predicted octanol–water partition coefficient (Wildman–Crippen LogP) is 6.12. The molecule has 3 unspecified atom stereocenters. The summed E-state index contributed by atoms with van der Waals surface area (Å²) in [6.45, 7) is 6.62. The number of carbonyl (C=O) groups is 2. The van der Waals surface area contributed by atoms with Crippen LogP contribution in [0.4, 0.5) is 0 Å². The molecule has 0 bridgehead atoms. The molecule has 1 fully saturated rings. The molecule has 3 rings (SSSR count). The van der Waals surface area contributed by atoms with Crippen LogP contribution in [0.3, 0.4) is 0 Å². The summed E-state index contributed by atoms with van der Waals surface area (Å²) in [5, 5.41) is 10.7. The maximum atomic E-state index is 13.8. The Labute approximate surface area is 232 Å². The minimum absolute atomic E-state index is 0.300. The second-order valence-electron chi connectivity index (χ2n) is 10.0. The number of aliphatic carboxylic acids is 1. The van der Waals surface area contributed by atoms with E-state index in [1.54, 1.807) is 70.2 Å². The van der Waals surface area contributed by atoms with Gasteiger partial charge in [-0.15, -0.1) is 0 Å². The second kappa shape index (κ2) is 11.5. The monoisotopic (exact) mass is 589 g/mol. The van der Waals surface area contributed by atoms with Crippen LogP contribution in [0, 0.1) is 0 Å². The Morgan fingerprint density at radius 3 is 2.08 bits per heavy atom. The van der Waals surface area contributed by atoms with Gasteiger partial charge in [0.05, 0.1) is 23.0 Å². The first-order valence-electron chi connectivity index (χ1n) is 11.8. The highest BCUT2D eigenvalue weighted by molar-refractivity contribution is 7.92. The van der Waals surface area contributed by atoms with E-state index in [2.05, 4.69) is 0 Å². The lowest BCUT2D eigenvalue weighted by Crippen LogP contribution is -2.57. The molecule has 2 aromatic carbocycles. The van der Waals surface area contributed by atoms with Crippen molar-refractivity contribution >= 4 is 56.5 Å². The third-order valence-electron chi connectivity index (χ3n) is 6.42. The second-order valence-corrected chi connectivity index (χ2v) is 14.1. The Balaban J connectivity index is 2.24. The summed E-state index contributed by atoms with van der Waals surface area (Å²) in [4.78, 5) is 27.0. The van der Waals surface area contributed by atoms with Gasteiger partial charge in [0.1, 0.15) is 12.2 Å². The first-order valence-corrected chi connectivity index (χ1v) is 14.6. The quantitative estimate of drug-likeness (QED) is 0.397. The number of hydrogen-bond donors (Lipinski definition) is 1. The Bertz CT molecular complexity index is 1240. The molecular weight excluding hydrogens is 561 g/mol. The number of amides is 1. The molecule has 1 saturated heterocycles. The van der Waals surface area contributed by atoms with Crippen molar-refractivity contribution in [2.45, 2.75) is 69.6 Å². The van der Waals surface area contributed by atoms with Crippen LogP contribution in [0.2, 0.25) is 15.1 Å². The van der Waals surface area contributed by atoms with E-state index in [0.717, 1.165) is 0 Å². The summed E-state index contributed by atoms with van der Waals surface area (Å²) in [5.74, 6) is -2.12. The predicted molar refractivity (Wildman–Crippen MR) is 145 cm³/mol. The summed E-state index contributed by atoms with van der Waals surface area (Å²) < 4.78 is 31.6. The zero-order valence-electron chi connectivity index (χ0n) is 20.9. The molecule has 4 atom stereocenters. The van der Waals surface area contributed by atoms with Gasteiger partial charge in [-0.3, -0.25) is 9.59 Å². The topological polar surface area (TPSA) is 101 Å². The van der Waals surface area contributed by atoms with Crippen LogP contribution in [0.15, 0.2) is 42.5 Å². The average Bonchev–Trinajstić information content (AvgIpc) is 2.77. The van der Waals surface area contributed by atoms with Gasteiger partial charge in [0.25, 0.3) is 5.91 Å². The van der Waals surface area contributed by atoms with E-state index in [1.165, 1.54) is 4.90 Å². The van der Waals surface area contributed by atoms with Gasteiger partial charge in [0.2, 0.25) is 0 Å². The number of morpholine rings is 1. The van der Waals surface area contributed by atoms with E-state index in [-0.39, 0.29) is 5.75 Å². The number of sulfone groups is 1. The fourth-order valence-electron chi connectivity index (χ4n) is 4.35. The minimum atomic E-state index is -3.64. The molecule has 11 heteroatoms. The number of carboxylic acids is 1. The Hall–Kier alpha value is -1.84. The van der Waals surface area contributed by atoms with Gasteiger partial charge < -0.3 is 14.7 Å². The van der Waals surface area contributed by atoms with Crippen LogP contribution in [0.5, 0.6) is 0 Å². The molecule has 0 spiro atoms. The lowest BCUT2D eigenvalue weighted by atomic mass is 9.89. The molecule has 1 amide bonds. The molecule has 0 saturated carbocycles. The van der Waals surface area contributed by atoms with Crippen LogP contribution in [0.1, 0.15) is 63.8 Å². The number of carbonyl (C=O) groups excluding carboxylic acids is 1. The van der Waals surface area contributed by atoms with Crippen LogP contribution in [-0.2, 0) is 24.2 Å². The van der Waals surface area contributed by atoms with Crippen molar-refractivity contribution in [3.8, 4) is 0 Å². The molecule has 0 aromatic heterocycles. The molecule has 202 valence electrons. The third kappa shape index (κ3) is 6.79. The zero-order valence-corrected chi connectivity index (χ0v) is 24.0. The summed E-state index contributed by atoms with van der Waals surface area (Å²) in [5.41, 5.74) is 1.16. The average molecular weight is 591 g/mol. The fraction of sp³-hybridized carbons (Fsp3) is 0.462. The molecular formula is C26H30Cl3NO6S. The first kappa shape index (κ1) is 29.7. The molecule has 37 heavy (non-hydrogen) atoms. The molecule has 1 aliphatic heterocycles. The number of benzene rings is 2. The standard InChI is InChI=1S/C26H30Cl3NO6S/c1-5-20(14-37(34,35)26(2,3)4)30-23(15-6-8-17(27)9-7-15)24(16-10-18(28)12-19(29)11-16)36-21(25(30)33)13-22(31)32/h6-12,20-21,23-24H,5,13-14H2,1-4H3,(H,31,32)/t20?,21-,23?,24?/m1/s1. The van der Waals surface area contributed by atoms with Crippen molar-refractivity contribution in [3.05, 3.63) is 68.7 Å². The van der Waals surface area contributed by atoms with E-state index >= 15 is 0 Å². The lowest BCUT2D eigenvalue weighted by molar-refractivity contribution is -0.182. The van der Waals surface area contributed by atoms with Gasteiger partial charge in [-0.1, -0.05) is 53.9 Å². The first-order chi connectivity index (χ1) is 17.1. The SMILES string of the molecule is CCC(CS(=O)(=O)C(C)(C)C)N1C(=O)[C@@H](CC(=O)O)OC(c2cc(Cl)cc(Cl)c2)C1c1ccc(Cl)cc1. The normalized spacial score (nSPS) is 21.6. The Morgan fingerprint density at radius 2 is 1.59 bits per heavy atom. The Kier molecular flexibility index (Phi) is 9.23. The molecule has 1 N–H and O–H groups in total. The van der Waals surface area contributed by atoms with Crippen LogP contribution < -0.4 is 0 Å². The van der Waals surface area contributed by atoms with Gasteiger partial charge in [-0.05, 0) is 68.7 Å². The van der Waals surface area contributed by atoms with Crippen molar-refractivity contribution in [1.82, 2.24) is 4.90 Å². The molecule has 1 aliphatic rings. The van der Waals surface area contributed by atoms with E-state index in [4.69, 9.17) is 39.5 Å². The Morgan fingerprint density at radius 1 is 1.03 bits per heavy atom. The van der Waals surface area contributed by atoms with Gasteiger partial charge in [0.15, 0.2) is 9.84 Å². The van der Waals surface area contributed by atoms with Crippen molar-refractivity contribution in [2.75, 3.05) is 5.75 Å². The lowest BCUT2D eigenvalue weighted by Gasteiger charge is -2.48. The molecule has 0 radical (unpaired) electrons. The maximum Gasteiger partial charge on any atom is 0.306 e. The largest absolute Gasteiger partial charge is 0.481 e. The van der Waals surface area contributed by atoms with Crippen LogP contribution in [0.25, 0.3) is 0 Å². The number of carboxylic acid groups (broad SMARTS) is 1. The van der Waals surface area contributed by atoms with Crippen molar-refractivity contribution in [2.24, 2.45) is 0 Å². The van der Waals surface area contributed by atoms with Gasteiger partial charge >= 0.3 is 5.97 Å². The number of rotatable bonds is 8. The molecule has 2 aromatic rings. The minimum Gasteiger partial charge on any atom is -0.481 e. The van der Waals surface area contributed by atoms with Crippen LogP contribution >= 0.6 is 34.8 Å². The van der Waals surface area contributed by atoms with Gasteiger partial charge in [-0.25, -0.2) is 8.42 Å². The molecule has 7 nitrogen and oxygen atoms in total. The van der Waals surface area contributed by atoms with Crippen molar-refractivity contribution in [1.29, 1.82) is 0 Å². The van der Waals surface area contributed by atoms with Crippen LogP contribution in [-0.4, -0.2) is 52.9 Å². The van der Waals surface area contributed by atoms with Gasteiger partial charge in [-0.2, -0.15) is 0 Å². The highest BCUT2D eigenvalue weighted by Crippen LogP contribution is 2.45. The molecule has 0 aliphatic carbocycles. The van der Waals surface area contributed by atoms with E-state index in [9.17, 15) is 23.1 Å². The number of nitrogens with zero attached hydrogens (tertiary/aromatic N) is 1. The summed E-state index contributed by atoms with van der Waals surface area (Å²) in [6, 6.07) is 10.1. The van der Waals surface area contributed by atoms with Gasteiger partial charge in [0, 0.05) is 21.1 Å². The molecule has 1 heterocycles. The summed E-state index contributed by atoms with van der Waals surface area (Å²) >= 11 is 18.7. The van der Waals surface area contributed by atoms with Crippen molar-refractivity contribution in [3.63, 3.8) is 0 Å². The summed E-state index contributed by atoms with van der Waals surface area (Å²) in [6.07, 6.45) is -2.50. The van der Waals surface area contributed by atoms with E-state index in [1.807, 2.05) is 0 Å². The van der Waals surface area contributed by atoms with E-state index in [0.29, 0.717) is 32.6 Å². The maximum absolute atomic E-state index is 13.8. The fourth-order valence-corrected chi connectivity index (χ4v) is 6.43. The smallest absolute Gasteiger partial charge is 0.306 e. The number of hydrogen-bond acceptors (Lipinski definition) is 5. The summed E-state index contributed by atoms with van der Waals surface area (Å²) in [7, 11) is -3.64. The van der Waals surface area contributed by atoms with Crippen molar-refractivity contribution < 1.29 is 27.9 Å². The highest BCUT2D eigenvalue weighted by Gasteiger charge is 2.48. The number of halogens is 3.